The lowest BCUT2D eigenvalue weighted by Crippen LogP contribution is -2.42. The second kappa shape index (κ2) is 4.85. The summed E-state index contributed by atoms with van der Waals surface area (Å²) in [6.07, 6.45) is 2.06. The van der Waals surface area contributed by atoms with Crippen LogP contribution >= 0.6 is 0 Å². The lowest BCUT2D eigenvalue weighted by Gasteiger charge is -2.30. The molecule has 4 heteroatoms. The van der Waals surface area contributed by atoms with Gasteiger partial charge in [-0.15, -0.1) is 0 Å². The summed E-state index contributed by atoms with van der Waals surface area (Å²) in [5.41, 5.74) is 1.15. The van der Waals surface area contributed by atoms with E-state index in [1.54, 1.807) is 14.2 Å². The van der Waals surface area contributed by atoms with Crippen LogP contribution in [0.1, 0.15) is 18.4 Å². The van der Waals surface area contributed by atoms with Crippen molar-refractivity contribution in [1.29, 1.82) is 0 Å². The Bertz CT molecular complexity index is 471. The van der Waals surface area contributed by atoms with E-state index in [0.717, 1.165) is 24.2 Å². The van der Waals surface area contributed by atoms with Crippen molar-refractivity contribution in [2.24, 2.45) is 5.92 Å². The molecule has 102 valence electrons. The Morgan fingerprint density at radius 3 is 2.53 bits per heavy atom. The fourth-order valence-corrected chi connectivity index (χ4v) is 3.28. The predicted octanol–water partition coefficient (Wildman–Crippen LogP) is 1.83. The maximum absolute atomic E-state index is 12.3. The molecule has 1 aromatic carbocycles. The van der Waals surface area contributed by atoms with E-state index in [0.29, 0.717) is 12.6 Å². The topological polar surface area (TPSA) is 38.8 Å². The van der Waals surface area contributed by atoms with Gasteiger partial charge in [-0.05, 0) is 30.5 Å². The first kappa shape index (κ1) is 12.5. The van der Waals surface area contributed by atoms with Crippen molar-refractivity contribution in [2.75, 3.05) is 14.2 Å². The van der Waals surface area contributed by atoms with Crippen molar-refractivity contribution >= 4 is 5.91 Å². The van der Waals surface area contributed by atoms with Gasteiger partial charge in [0.15, 0.2) is 0 Å². The highest BCUT2D eigenvalue weighted by atomic mass is 16.5. The number of nitrogens with zero attached hydrogens (tertiary/aromatic N) is 1. The molecule has 3 atom stereocenters. The summed E-state index contributed by atoms with van der Waals surface area (Å²) >= 11 is 0. The van der Waals surface area contributed by atoms with Crippen LogP contribution in [0.15, 0.2) is 24.3 Å². The summed E-state index contributed by atoms with van der Waals surface area (Å²) in [4.78, 5) is 14.3. The molecule has 2 aliphatic rings. The Hall–Kier alpha value is -1.55. The van der Waals surface area contributed by atoms with Gasteiger partial charge >= 0.3 is 0 Å². The van der Waals surface area contributed by atoms with E-state index in [-0.39, 0.29) is 17.9 Å². The van der Waals surface area contributed by atoms with Gasteiger partial charge in [-0.25, -0.2) is 0 Å². The molecule has 1 amide bonds. The zero-order valence-electron chi connectivity index (χ0n) is 11.3. The lowest BCUT2D eigenvalue weighted by atomic mass is 10.0. The molecule has 4 nitrogen and oxygen atoms in total. The molecule has 2 fully saturated rings. The first-order chi connectivity index (χ1) is 9.22. The maximum atomic E-state index is 12.3. The fourth-order valence-electron chi connectivity index (χ4n) is 3.28. The van der Waals surface area contributed by atoms with E-state index in [1.165, 1.54) is 0 Å². The molecule has 0 spiro atoms. The molecule has 3 rings (SSSR count). The van der Waals surface area contributed by atoms with Crippen molar-refractivity contribution in [3.8, 4) is 5.75 Å². The Morgan fingerprint density at radius 1 is 1.21 bits per heavy atom. The first-order valence-corrected chi connectivity index (χ1v) is 6.69. The summed E-state index contributed by atoms with van der Waals surface area (Å²) in [7, 11) is 3.36. The molecular weight excluding hydrogens is 242 g/mol. The number of rotatable bonds is 4. The monoisotopic (exact) mass is 261 g/mol. The quantitative estimate of drug-likeness (QED) is 0.830. The van der Waals surface area contributed by atoms with E-state index in [2.05, 4.69) is 0 Å². The molecule has 1 aliphatic heterocycles. The van der Waals surface area contributed by atoms with Crippen LogP contribution in [0.4, 0.5) is 0 Å². The zero-order valence-corrected chi connectivity index (χ0v) is 11.3. The molecule has 1 aromatic rings. The normalized spacial score (nSPS) is 29.1. The van der Waals surface area contributed by atoms with Gasteiger partial charge in [-0.3, -0.25) is 4.79 Å². The lowest BCUT2D eigenvalue weighted by molar-refractivity contribution is -0.140. The number of piperidine rings is 1. The smallest absolute Gasteiger partial charge is 0.228 e. The molecule has 1 heterocycles. The van der Waals surface area contributed by atoms with Crippen LogP contribution in [0.5, 0.6) is 5.75 Å². The second-order valence-electron chi connectivity index (χ2n) is 5.32. The third kappa shape index (κ3) is 2.10. The predicted molar refractivity (Wildman–Crippen MR) is 70.9 cm³/mol. The average molecular weight is 261 g/mol. The first-order valence-electron chi connectivity index (χ1n) is 6.69. The highest BCUT2D eigenvalue weighted by Crippen LogP contribution is 2.40. The Balaban J connectivity index is 1.69. The van der Waals surface area contributed by atoms with Crippen molar-refractivity contribution in [1.82, 2.24) is 4.90 Å². The molecule has 0 radical (unpaired) electrons. The fraction of sp³-hybridized carbons (Fsp3) is 0.533. The number of carbonyl (C=O) groups is 1. The number of carbonyl (C=O) groups excluding carboxylic acids is 1. The van der Waals surface area contributed by atoms with Gasteiger partial charge in [0.1, 0.15) is 5.75 Å². The number of benzene rings is 1. The molecule has 0 aromatic heterocycles. The molecule has 0 unspecified atom stereocenters. The van der Waals surface area contributed by atoms with Crippen molar-refractivity contribution < 1.29 is 14.3 Å². The van der Waals surface area contributed by atoms with E-state index < -0.39 is 0 Å². The number of fused-ring (bicyclic) bond motifs is 2. The number of ether oxygens (including phenoxy) is 2. The molecule has 0 N–H and O–H groups in total. The zero-order chi connectivity index (χ0) is 13.4. The second-order valence-corrected chi connectivity index (χ2v) is 5.32. The summed E-state index contributed by atoms with van der Waals surface area (Å²) in [5.74, 6) is 1.17. The Labute approximate surface area is 113 Å². The van der Waals surface area contributed by atoms with Gasteiger partial charge in [0, 0.05) is 19.7 Å². The summed E-state index contributed by atoms with van der Waals surface area (Å²) in [6, 6.07) is 8.26. The van der Waals surface area contributed by atoms with Gasteiger partial charge in [-0.1, -0.05) is 12.1 Å². The largest absolute Gasteiger partial charge is 0.497 e. The van der Waals surface area contributed by atoms with E-state index in [9.17, 15) is 4.79 Å². The third-order valence-electron chi connectivity index (χ3n) is 4.33. The van der Waals surface area contributed by atoms with Crippen molar-refractivity contribution in [2.45, 2.75) is 31.5 Å². The minimum Gasteiger partial charge on any atom is -0.497 e. The standard InChI is InChI=1S/C15H19NO3/c1-18-12-5-3-10(4-6-12)9-16-11-7-13(15(16)17)14(8-11)19-2/h3-6,11,13-14H,7-9H2,1-2H3/t11-,13+,14+/m0/s1. The minimum atomic E-state index is 0.0771. The van der Waals surface area contributed by atoms with Crippen LogP contribution in [0.2, 0.25) is 0 Å². The molecule has 2 bridgehead atoms. The van der Waals surface area contributed by atoms with E-state index >= 15 is 0 Å². The molecular formula is C15H19NO3. The minimum absolute atomic E-state index is 0.0771. The molecule has 1 aliphatic carbocycles. The van der Waals surface area contributed by atoms with Gasteiger partial charge < -0.3 is 14.4 Å². The SMILES string of the molecule is COc1ccc(CN2C(=O)[C@@H]3C[C@H]2C[C@H]3OC)cc1. The maximum Gasteiger partial charge on any atom is 0.228 e. The van der Waals surface area contributed by atoms with Crippen LogP contribution in [-0.2, 0) is 16.1 Å². The Kier molecular flexibility index (Phi) is 3.19. The van der Waals surface area contributed by atoms with Crippen LogP contribution < -0.4 is 4.74 Å². The van der Waals surface area contributed by atoms with Crippen LogP contribution in [0, 0.1) is 5.92 Å². The van der Waals surface area contributed by atoms with E-state index in [1.807, 2.05) is 29.2 Å². The van der Waals surface area contributed by atoms with Crippen LogP contribution in [0.25, 0.3) is 0 Å². The van der Waals surface area contributed by atoms with Gasteiger partial charge in [0.05, 0.1) is 19.1 Å². The Morgan fingerprint density at radius 2 is 1.95 bits per heavy atom. The third-order valence-corrected chi connectivity index (χ3v) is 4.33. The van der Waals surface area contributed by atoms with Crippen LogP contribution in [-0.4, -0.2) is 37.2 Å². The number of hydrogen-bond acceptors (Lipinski definition) is 3. The highest BCUT2D eigenvalue weighted by Gasteiger charge is 2.50. The summed E-state index contributed by atoms with van der Waals surface area (Å²) < 4.78 is 10.5. The highest BCUT2D eigenvalue weighted by molar-refractivity contribution is 5.83. The summed E-state index contributed by atoms with van der Waals surface area (Å²) in [6.45, 7) is 0.695. The average Bonchev–Trinajstić information content (AvgIpc) is 2.99. The van der Waals surface area contributed by atoms with Crippen molar-refractivity contribution in [3.05, 3.63) is 29.8 Å². The van der Waals surface area contributed by atoms with Gasteiger partial charge in [-0.2, -0.15) is 0 Å². The number of hydrogen-bond donors (Lipinski definition) is 0. The van der Waals surface area contributed by atoms with Gasteiger partial charge in [0.25, 0.3) is 0 Å². The van der Waals surface area contributed by atoms with Crippen LogP contribution in [0.3, 0.4) is 0 Å². The molecule has 19 heavy (non-hydrogen) atoms. The molecule has 1 saturated heterocycles. The number of amides is 1. The van der Waals surface area contributed by atoms with Gasteiger partial charge in [0.2, 0.25) is 5.91 Å². The molecule has 1 saturated carbocycles. The summed E-state index contributed by atoms with van der Waals surface area (Å²) in [5, 5.41) is 0. The van der Waals surface area contributed by atoms with Crippen molar-refractivity contribution in [3.63, 3.8) is 0 Å². The van der Waals surface area contributed by atoms with E-state index in [4.69, 9.17) is 9.47 Å². The number of methoxy groups -OCH3 is 2. The number of likely N-dealkylation sites (tertiary alicyclic amines) is 1.